The normalized spacial score (nSPS) is 13.0. The molecule has 0 fully saturated rings. The van der Waals surface area contributed by atoms with Crippen LogP contribution in [0.25, 0.3) is 0 Å². The molecule has 2 heterocycles. The van der Waals surface area contributed by atoms with Crippen LogP contribution in [0.3, 0.4) is 0 Å². The van der Waals surface area contributed by atoms with Gasteiger partial charge in [-0.3, -0.25) is 5.41 Å². The van der Waals surface area contributed by atoms with Crippen LogP contribution in [-0.4, -0.2) is 29.7 Å². The van der Waals surface area contributed by atoms with E-state index in [1.807, 2.05) is 26.0 Å². The predicted molar refractivity (Wildman–Crippen MR) is 98.0 cm³/mol. The number of hydrogen-bond acceptors (Lipinski definition) is 6. The molecule has 23 heavy (non-hydrogen) atoms. The molecule has 1 aliphatic rings. The topological polar surface area (TPSA) is 70.5 Å². The van der Waals surface area contributed by atoms with Crippen molar-refractivity contribution in [3.63, 3.8) is 0 Å². The van der Waals surface area contributed by atoms with Crippen molar-refractivity contribution in [2.75, 3.05) is 13.2 Å². The lowest BCUT2D eigenvalue weighted by Gasteiger charge is -2.14. The number of H-pyrrole nitrogens is 1. The number of nitrogens with zero attached hydrogens (tertiary/aromatic N) is 1. The number of amidine groups is 1. The molecule has 2 N–H and O–H groups in total. The van der Waals surface area contributed by atoms with Crippen LogP contribution in [0.1, 0.15) is 29.9 Å². The molecule has 1 aromatic carbocycles. The molecule has 0 amide bonds. The van der Waals surface area contributed by atoms with Crippen molar-refractivity contribution in [3.05, 3.63) is 32.1 Å². The highest BCUT2D eigenvalue weighted by atomic mass is 32.1. The van der Waals surface area contributed by atoms with E-state index in [2.05, 4.69) is 22.6 Å². The molecule has 0 unspecified atom stereocenters. The minimum absolute atomic E-state index is 0.159. The predicted octanol–water partition coefficient (Wildman–Crippen LogP) is 4.07. The number of thiazole rings is 1. The van der Waals surface area contributed by atoms with Gasteiger partial charge in [-0.2, -0.15) is 0 Å². The zero-order valence-corrected chi connectivity index (χ0v) is 15.1. The third-order valence-electron chi connectivity index (χ3n) is 3.27. The maximum Gasteiger partial charge on any atom is 0.159 e. The third-order valence-corrected chi connectivity index (χ3v) is 5.00. The number of benzene rings is 1. The highest BCUT2D eigenvalue weighted by molar-refractivity contribution is 7.80. The van der Waals surface area contributed by atoms with Crippen molar-refractivity contribution in [2.45, 2.75) is 18.9 Å². The number of rotatable bonds is 5. The Labute approximate surface area is 148 Å². The summed E-state index contributed by atoms with van der Waals surface area (Å²) in [7, 11) is 0. The molecular formula is C15H15N3O2S3. The number of nitrogens with one attached hydrogen (secondary N) is 2. The van der Waals surface area contributed by atoms with Gasteiger partial charge in [-0.1, -0.05) is 0 Å². The number of aromatic nitrogens is 1. The molecule has 3 rings (SSSR count). The summed E-state index contributed by atoms with van der Waals surface area (Å²) in [6.07, 6.45) is 0. The van der Waals surface area contributed by atoms with E-state index >= 15 is 0 Å². The quantitative estimate of drug-likeness (QED) is 0.552. The molecule has 0 saturated heterocycles. The van der Waals surface area contributed by atoms with E-state index in [-0.39, 0.29) is 5.84 Å². The molecule has 0 aliphatic carbocycles. The fraction of sp³-hybridized carbons (Fsp3) is 0.267. The summed E-state index contributed by atoms with van der Waals surface area (Å²) in [5.41, 5.74) is 2.07. The van der Waals surface area contributed by atoms with E-state index in [4.69, 9.17) is 27.1 Å². The largest absolute Gasteiger partial charge is 0.493 e. The lowest BCUT2D eigenvalue weighted by Crippen LogP contribution is -2.07. The average molecular weight is 366 g/mol. The number of aromatic amines is 1. The molecule has 1 aromatic heterocycles. The fourth-order valence-electron chi connectivity index (χ4n) is 2.45. The van der Waals surface area contributed by atoms with Crippen LogP contribution in [-0.2, 0) is 0 Å². The van der Waals surface area contributed by atoms with Gasteiger partial charge in [0.2, 0.25) is 0 Å². The summed E-state index contributed by atoms with van der Waals surface area (Å²) < 4.78 is 12.0. The van der Waals surface area contributed by atoms with Gasteiger partial charge >= 0.3 is 0 Å². The molecule has 0 saturated carbocycles. The smallest absolute Gasteiger partial charge is 0.159 e. The van der Waals surface area contributed by atoms with Gasteiger partial charge in [0.1, 0.15) is 11.5 Å². The number of hydrogen-bond donors (Lipinski definition) is 3. The second-order valence-electron chi connectivity index (χ2n) is 4.68. The van der Waals surface area contributed by atoms with Crippen LogP contribution in [0.4, 0.5) is 0 Å². The number of ether oxygens (including phenoxy) is 2. The lowest BCUT2D eigenvalue weighted by molar-refractivity contribution is 0.330. The Morgan fingerprint density at radius 1 is 1.22 bits per heavy atom. The second kappa shape index (κ2) is 6.46. The maximum absolute atomic E-state index is 8.26. The molecule has 0 bridgehead atoms. The third kappa shape index (κ3) is 2.82. The van der Waals surface area contributed by atoms with Crippen molar-refractivity contribution < 1.29 is 9.47 Å². The second-order valence-corrected chi connectivity index (χ2v) is 6.81. The van der Waals surface area contributed by atoms with Gasteiger partial charge in [0, 0.05) is 0 Å². The van der Waals surface area contributed by atoms with Crippen LogP contribution in [0.15, 0.2) is 22.2 Å². The van der Waals surface area contributed by atoms with Gasteiger partial charge in [-0.15, -0.1) is 24.0 Å². The van der Waals surface area contributed by atoms with E-state index in [9.17, 15) is 0 Å². The van der Waals surface area contributed by atoms with Gasteiger partial charge in [0.15, 0.2) is 9.79 Å². The van der Waals surface area contributed by atoms with Crippen molar-refractivity contribution >= 4 is 47.7 Å². The highest BCUT2D eigenvalue weighted by Gasteiger charge is 2.31. The van der Waals surface area contributed by atoms with Crippen LogP contribution >= 0.6 is 36.2 Å². The van der Waals surface area contributed by atoms with Crippen molar-refractivity contribution in [1.29, 1.82) is 5.41 Å². The van der Waals surface area contributed by atoms with Crippen LogP contribution < -0.4 is 9.47 Å². The zero-order chi connectivity index (χ0) is 16.6. The lowest BCUT2D eigenvalue weighted by atomic mass is 10.0. The van der Waals surface area contributed by atoms with Crippen molar-refractivity contribution in [1.82, 2.24) is 4.98 Å². The Bertz CT molecular complexity index is 867. The van der Waals surface area contributed by atoms with Gasteiger partial charge in [0.25, 0.3) is 0 Å². The molecule has 0 spiro atoms. The molecule has 5 nitrogen and oxygen atoms in total. The van der Waals surface area contributed by atoms with E-state index in [1.54, 1.807) is 0 Å². The first-order valence-corrected chi connectivity index (χ1v) is 8.77. The average Bonchev–Trinajstić information content (AvgIpc) is 3.02. The molecule has 2 aromatic rings. The van der Waals surface area contributed by atoms with Gasteiger partial charge in [0.05, 0.1) is 40.0 Å². The minimum Gasteiger partial charge on any atom is -0.493 e. The summed E-state index contributed by atoms with van der Waals surface area (Å²) in [5, 5.41) is 8.90. The van der Waals surface area contributed by atoms with E-state index < -0.39 is 0 Å². The van der Waals surface area contributed by atoms with Crippen molar-refractivity contribution in [3.8, 4) is 11.5 Å². The van der Waals surface area contributed by atoms with Gasteiger partial charge in [-0.05, 0) is 38.2 Å². The summed E-state index contributed by atoms with van der Waals surface area (Å²) in [4.78, 5) is 8.22. The summed E-state index contributed by atoms with van der Waals surface area (Å²) in [5.74, 6) is 1.47. The summed E-state index contributed by atoms with van der Waals surface area (Å²) >= 11 is 11.0. The Balaban J connectivity index is 2.24. The van der Waals surface area contributed by atoms with Gasteiger partial charge in [-0.25, -0.2) is 4.99 Å². The van der Waals surface area contributed by atoms with E-state index in [1.165, 1.54) is 11.3 Å². The SMILES string of the molecule is CCOc1ccc(OCC)c2c1C(=N)N=C2c1sc(=S)[nH]c1S. The molecule has 1 aliphatic heterocycles. The summed E-state index contributed by atoms with van der Waals surface area (Å²) in [6.45, 7) is 4.87. The Hall–Kier alpha value is -1.64. The molecule has 8 heteroatoms. The fourth-order valence-corrected chi connectivity index (χ4v) is 4.04. The van der Waals surface area contributed by atoms with E-state index in [0.29, 0.717) is 45.0 Å². The minimum atomic E-state index is 0.159. The van der Waals surface area contributed by atoms with Crippen LogP contribution in [0.2, 0.25) is 0 Å². The Morgan fingerprint density at radius 2 is 1.83 bits per heavy atom. The highest BCUT2D eigenvalue weighted by Crippen LogP contribution is 2.39. The zero-order valence-electron chi connectivity index (χ0n) is 12.6. The van der Waals surface area contributed by atoms with Crippen molar-refractivity contribution in [2.24, 2.45) is 4.99 Å². The Morgan fingerprint density at radius 3 is 2.35 bits per heavy atom. The first-order chi connectivity index (χ1) is 11.1. The number of aliphatic imine (C=N–C) groups is 1. The van der Waals surface area contributed by atoms with Crippen LogP contribution in [0.5, 0.6) is 11.5 Å². The molecule has 120 valence electrons. The standard InChI is InChI=1S/C15H15N3O2S3/c1-3-19-7-5-6-8(20-4-2)10-9(7)11(17-13(10)16)12-14(21)18-15(22)23-12/h5-6,16,21H,3-4H2,1-2H3,(H,18,22). The van der Waals surface area contributed by atoms with Crippen LogP contribution in [0, 0.1) is 9.36 Å². The van der Waals surface area contributed by atoms with E-state index in [0.717, 1.165) is 10.4 Å². The maximum atomic E-state index is 8.26. The number of fused-ring (bicyclic) bond motifs is 1. The molecule has 0 atom stereocenters. The molecule has 0 radical (unpaired) electrons. The first kappa shape index (κ1) is 16.2. The Kier molecular flexibility index (Phi) is 4.56. The number of thiol groups is 1. The summed E-state index contributed by atoms with van der Waals surface area (Å²) in [6, 6.07) is 3.67. The first-order valence-electron chi connectivity index (χ1n) is 7.09. The monoisotopic (exact) mass is 365 g/mol. The van der Waals surface area contributed by atoms with Gasteiger partial charge < -0.3 is 14.5 Å². The molecular weight excluding hydrogens is 350 g/mol.